The Balaban J connectivity index is 2.38. The molecule has 1 aliphatic heterocycles. The number of aryl methyl sites for hydroxylation is 1. The largest absolute Gasteiger partial charge is 0.388 e. The second-order valence-electron chi connectivity index (χ2n) is 4.19. The number of nitrogens with one attached hydrogen (secondary N) is 1. The lowest BCUT2D eigenvalue weighted by atomic mass is 9.91. The fraction of sp³-hybridized carbons (Fsp3) is 0.455. The Kier molecular flexibility index (Phi) is 1.81. The van der Waals surface area contributed by atoms with Crippen LogP contribution in [0, 0.1) is 6.92 Å². The molecule has 70 valence electrons. The van der Waals surface area contributed by atoms with Gasteiger partial charge in [0, 0.05) is 18.7 Å². The van der Waals surface area contributed by atoms with Crippen LogP contribution in [-0.4, -0.2) is 17.3 Å². The molecule has 0 radical (unpaired) electrons. The number of benzene rings is 1. The summed E-state index contributed by atoms with van der Waals surface area (Å²) in [5, 5.41) is 13.1. The molecule has 2 nitrogen and oxygen atoms in total. The maximum absolute atomic E-state index is 9.85. The third kappa shape index (κ3) is 1.68. The van der Waals surface area contributed by atoms with E-state index in [-0.39, 0.29) is 0 Å². The van der Waals surface area contributed by atoms with E-state index in [0.29, 0.717) is 6.54 Å². The van der Waals surface area contributed by atoms with Crippen molar-refractivity contribution in [2.24, 2.45) is 0 Å². The Hall–Kier alpha value is -1.02. The zero-order valence-corrected chi connectivity index (χ0v) is 8.09. The van der Waals surface area contributed by atoms with Crippen molar-refractivity contribution in [1.82, 2.24) is 0 Å². The second kappa shape index (κ2) is 2.74. The van der Waals surface area contributed by atoms with Gasteiger partial charge in [-0.15, -0.1) is 0 Å². The first-order valence-electron chi connectivity index (χ1n) is 4.63. The summed E-state index contributed by atoms with van der Waals surface area (Å²) in [5.41, 5.74) is 3.03. The van der Waals surface area contributed by atoms with Gasteiger partial charge < -0.3 is 10.4 Å². The zero-order chi connectivity index (χ0) is 9.47. The highest BCUT2D eigenvalue weighted by Crippen LogP contribution is 2.27. The van der Waals surface area contributed by atoms with E-state index in [4.69, 9.17) is 0 Å². The van der Waals surface area contributed by atoms with Crippen LogP contribution in [0.15, 0.2) is 18.2 Å². The topological polar surface area (TPSA) is 32.3 Å². The maximum atomic E-state index is 9.85. The highest BCUT2D eigenvalue weighted by molar-refractivity contribution is 5.55. The zero-order valence-electron chi connectivity index (χ0n) is 8.09. The van der Waals surface area contributed by atoms with Gasteiger partial charge in [0.2, 0.25) is 0 Å². The molecule has 0 aromatic heterocycles. The highest BCUT2D eigenvalue weighted by Gasteiger charge is 2.26. The van der Waals surface area contributed by atoms with Crippen molar-refractivity contribution in [2.75, 3.05) is 11.9 Å². The summed E-state index contributed by atoms with van der Waals surface area (Å²) in [7, 11) is 0. The molecule has 2 N–H and O–H groups in total. The van der Waals surface area contributed by atoms with E-state index in [9.17, 15) is 5.11 Å². The number of β-amino-alcohol motifs (C(OH)–C–C–N with tert-alkyl or cyclic N) is 1. The lowest BCUT2D eigenvalue weighted by molar-refractivity contribution is 0.0710. The van der Waals surface area contributed by atoms with E-state index in [2.05, 4.69) is 30.4 Å². The van der Waals surface area contributed by atoms with Crippen LogP contribution in [0.1, 0.15) is 18.1 Å². The first-order valence-corrected chi connectivity index (χ1v) is 4.63. The molecule has 13 heavy (non-hydrogen) atoms. The monoisotopic (exact) mass is 177 g/mol. The smallest absolute Gasteiger partial charge is 0.0832 e. The minimum atomic E-state index is -0.596. The molecule has 2 rings (SSSR count). The molecular formula is C11H15NO. The number of aliphatic hydroxyl groups is 1. The minimum absolute atomic E-state index is 0.596. The van der Waals surface area contributed by atoms with Crippen molar-refractivity contribution < 1.29 is 5.11 Å². The van der Waals surface area contributed by atoms with Gasteiger partial charge in [-0.05, 0) is 25.5 Å². The summed E-state index contributed by atoms with van der Waals surface area (Å²) in [5.74, 6) is 0. The van der Waals surface area contributed by atoms with E-state index >= 15 is 0 Å². The van der Waals surface area contributed by atoms with Crippen LogP contribution in [0.2, 0.25) is 0 Å². The highest BCUT2D eigenvalue weighted by atomic mass is 16.3. The predicted octanol–water partition coefficient (Wildman–Crippen LogP) is 1.71. The summed E-state index contributed by atoms with van der Waals surface area (Å²) in [6.07, 6.45) is 0.747. The average Bonchev–Trinajstić information content (AvgIpc) is 2.01. The fourth-order valence-electron chi connectivity index (χ4n) is 1.80. The van der Waals surface area contributed by atoms with E-state index in [0.717, 1.165) is 12.1 Å². The molecule has 0 saturated carbocycles. The van der Waals surface area contributed by atoms with Crippen molar-refractivity contribution >= 4 is 5.69 Å². The summed E-state index contributed by atoms with van der Waals surface area (Å²) in [4.78, 5) is 0. The summed E-state index contributed by atoms with van der Waals surface area (Å²) < 4.78 is 0. The van der Waals surface area contributed by atoms with E-state index in [1.165, 1.54) is 11.1 Å². The van der Waals surface area contributed by atoms with Crippen molar-refractivity contribution in [3.8, 4) is 0 Å². The number of fused-ring (bicyclic) bond motifs is 1. The summed E-state index contributed by atoms with van der Waals surface area (Å²) >= 11 is 0. The first kappa shape index (κ1) is 8.57. The average molecular weight is 177 g/mol. The first-order chi connectivity index (χ1) is 6.07. The third-order valence-corrected chi connectivity index (χ3v) is 2.49. The van der Waals surface area contributed by atoms with Crippen LogP contribution in [-0.2, 0) is 6.42 Å². The molecule has 1 aliphatic rings. The molecule has 0 aliphatic carbocycles. The van der Waals surface area contributed by atoms with Crippen LogP contribution in [0.4, 0.5) is 5.69 Å². The normalized spacial score (nSPS) is 26.4. The Bertz CT molecular complexity index is 331. The molecular weight excluding hydrogens is 162 g/mol. The molecule has 0 fully saturated rings. The lowest BCUT2D eigenvalue weighted by Crippen LogP contribution is -2.39. The summed E-state index contributed by atoms with van der Waals surface area (Å²) in [6, 6.07) is 6.31. The number of hydrogen-bond acceptors (Lipinski definition) is 2. The van der Waals surface area contributed by atoms with E-state index in [1.54, 1.807) is 0 Å². The van der Waals surface area contributed by atoms with Crippen LogP contribution in [0.25, 0.3) is 0 Å². The molecule has 0 amide bonds. The van der Waals surface area contributed by atoms with E-state index < -0.39 is 5.60 Å². The summed E-state index contributed by atoms with van der Waals surface area (Å²) in [6.45, 7) is 4.58. The van der Waals surface area contributed by atoms with Crippen molar-refractivity contribution in [3.63, 3.8) is 0 Å². The minimum Gasteiger partial charge on any atom is -0.388 e. The van der Waals surface area contributed by atoms with Crippen LogP contribution in [0.3, 0.4) is 0 Å². The molecule has 0 saturated heterocycles. The maximum Gasteiger partial charge on any atom is 0.0832 e. The Morgan fingerprint density at radius 1 is 1.46 bits per heavy atom. The van der Waals surface area contributed by atoms with Gasteiger partial charge in [-0.1, -0.05) is 17.7 Å². The molecule has 1 unspecified atom stereocenters. The van der Waals surface area contributed by atoms with Crippen molar-refractivity contribution in [3.05, 3.63) is 29.3 Å². The van der Waals surface area contributed by atoms with Gasteiger partial charge in [-0.2, -0.15) is 0 Å². The molecule has 0 spiro atoms. The SMILES string of the molecule is Cc1ccc2c(c1)CC(C)(O)CN2. The Morgan fingerprint density at radius 3 is 3.00 bits per heavy atom. The van der Waals surface area contributed by atoms with Gasteiger partial charge in [-0.3, -0.25) is 0 Å². The van der Waals surface area contributed by atoms with Crippen LogP contribution in [0.5, 0.6) is 0 Å². The van der Waals surface area contributed by atoms with Gasteiger partial charge in [0.05, 0.1) is 5.60 Å². The molecule has 1 aromatic rings. The molecule has 1 aromatic carbocycles. The molecule has 1 atom stereocenters. The van der Waals surface area contributed by atoms with Crippen LogP contribution < -0.4 is 5.32 Å². The van der Waals surface area contributed by atoms with Gasteiger partial charge in [0.15, 0.2) is 0 Å². The molecule has 2 heteroatoms. The number of anilines is 1. The fourth-order valence-corrected chi connectivity index (χ4v) is 1.80. The Labute approximate surface area is 78.6 Å². The van der Waals surface area contributed by atoms with Gasteiger partial charge in [0.25, 0.3) is 0 Å². The van der Waals surface area contributed by atoms with Crippen molar-refractivity contribution in [1.29, 1.82) is 0 Å². The van der Waals surface area contributed by atoms with Crippen LogP contribution >= 0.6 is 0 Å². The quantitative estimate of drug-likeness (QED) is 0.632. The van der Waals surface area contributed by atoms with Gasteiger partial charge >= 0.3 is 0 Å². The molecule has 0 bridgehead atoms. The second-order valence-corrected chi connectivity index (χ2v) is 4.19. The molecule has 1 heterocycles. The number of hydrogen-bond donors (Lipinski definition) is 2. The third-order valence-electron chi connectivity index (χ3n) is 2.49. The standard InChI is InChI=1S/C11H15NO/c1-8-3-4-10-9(5-8)6-11(2,13)7-12-10/h3-5,12-13H,6-7H2,1-2H3. The predicted molar refractivity (Wildman–Crippen MR) is 54.0 cm³/mol. The van der Waals surface area contributed by atoms with Crippen molar-refractivity contribution in [2.45, 2.75) is 25.9 Å². The van der Waals surface area contributed by atoms with Gasteiger partial charge in [-0.25, -0.2) is 0 Å². The Morgan fingerprint density at radius 2 is 2.23 bits per heavy atom. The van der Waals surface area contributed by atoms with Gasteiger partial charge in [0.1, 0.15) is 0 Å². The van der Waals surface area contributed by atoms with E-state index in [1.807, 2.05) is 6.92 Å². The lowest BCUT2D eigenvalue weighted by Gasteiger charge is -2.31. The number of rotatable bonds is 0.